The molecule has 0 aromatic rings. The number of carbonyl (C=O) groups excluding carboxylic acids is 2. The zero-order chi connectivity index (χ0) is 13.7. The van der Waals surface area contributed by atoms with Crippen molar-refractivity contribution in [3.63, 3.8) is 0 Å². The predicted molar refractivity (Wildman–Crippen MR) is 70.1 cm³/mol. The lowest BCUT2D eigenvalue weighted by Crippen LogP contribution is -2.07. The van der Waals surface area contributed by atoms with Crippen LogP contribution in [-0.2, 0) is 9.59 Å². The van der Waals surface area contributed by atoms with E-state index in [0.717, 1.165) is 6.29 Å². The molecule has 0 saturated heterocycles. The van der Waals surface area contributed by atoms with Gasteiger partial charge in [0.05, 0.1) is 6.54 Å². The minimum absolute atomic E-state index is 0.0324. The van der Waals surface area contributed by atoms with Crippen molar-refractivity contribution in [1.82, 2.24) is 0 Å². The number of nitrogens with two attached hydrogens (primary N) is 1. The van der Waals surface area contributed by atoms with E-state index >= 15 is 0 Å². The van der Waals surface area contributed by atoms with E-state index in [1.165, 1.54) is 20.3 Å². The van der Waals surface area contributed by atoms with Gasteiger partial charge >= 0.3 is 0 Å². The van der Waals surface area contributed by atoms with E-state index in [1.807, 2.05) is 27.7 Å². The predicted octanol–water partition coefficient (Wildman–Crippen LogP) is 3.21. The maximum absolute atomic E-state index is 9.69. The lowest BCUT2D eigenvalue weighted by atomic mass is 10.5. The van der Waals surface area contributed by atoms with Crippen LogP contribution in [0.1, 0.15) is 61.8 Å². The molecule has 0 aromatic heterocycles. The van der Waals surface area contributed by atoms with E-state index in [0.29, 0.717) is 0 Å². The molecular weight excluding hydrogens is 190 g/mol. The number of ketones is 1. The van der Waals surface area contributed by atoms with Gasteiger partial charge in [0.1, 0.15) is 12.1 Å². The van der Waals surface area contributed by atoms with E-state index < -0.39 is 0 Å². The highest BCUT2D eigenvalue weighted by atomic mass is 16.1. The monoisotopic (exact) mass is 221 g/mol. The Labute approximate surface area is 96.4 Å². The van der Waals surface area contributed by atoms with Crippen LogP contribution in [0.2, 0.25) is 0 Å². The van der Waals surface area contributed by atoms with Crippen molar-refractivity contribution in [3.8, 4) is 0 Å². The maximum Gasteiger partial charge on any atom is 0.143 e. The molecule has 2 N–H and O–H groups in total. The Morgan fingerprint density at radius 2 is 1.20 bits per heavy atom. The molecule has 3 heteroatoms. The van der Waals surface area contributed by atoms with Crippen molar-refractivity contribution in [1.29, 1.82) is 0 Å². The molecule has 0 aromatic carbocycles. The summed E-state index contributed by atoms with van der Waals surface area (Å²) in [4.78, 5) is 18.5. The van der Waals surface area contributed by atoms with Gasteiger partial charge < -0.3 is 10.5 Å². The Morgan fingerprint density at radius 3 is 1.20 bits per heavy atom. The minimum Gasteiger partial charge on any atom is -0.324 e. The average Bonchev–Trinajstić information content (AvgIpc) is 2.26. The number of hydrogen-bond acceptors (Lipinski definition) is 3. The molecule has 3 nitrogen and oxygen atoms in total. The summed E-state index contributed by atoms with van der Waals surface area (Å²) < 4.78 is 0. The number of aldehydes is 1. The average molecular weight is 221 g/mol. The summed E-state index contributed by atoms with van der Waals surface area (Å²) in [7, 11) is 0. The van der Waals surface area contributed by atoms with Crippen molar-refractivity contribution in [2.75, 3.05) is 6.54 Å². The summed E-state index contributed by atoms with van der Waals surface area (Å²) >= 11 is 0. The van der Waals surface area contributed by atoms with E-state index in [2.05, 4.69) is 13.8 Å². The molecule has 0 heterocycles. The van der Waals surface area contributed by atoms with Crippen molar-refractivity contribution in [2.24, 2.45) is 5.73 Å². The van der Waals surface area contributed by atoms with Crippen LogP contribution < -0.4 is 5.73 Å². The summed E-state index contributed by atoms with van der Waals surface area (Å²) in [6.07, 6.45) is 2.00. The first-order valence-corrected chi connectivity index (χ1v) is 5.69. The molecule has 0 atom stereocenters. The second-order valence-corrected chi connectivity index (χ2v) is 1.85. The Kier molecular flexibility index (Phi) is 140. The fourth-order valence-corrected chi connectivity index (χ4v) is 0. The van der Waals surface area contributed by atoms with Gasteiger partial charge in [-0.2, -0.15) is 0 Å². The summed E-state index contributed by atoms with van der Waals surface area (Å²) in [6, 6.07) is 0. The van der Waals surface area contributed by atoms with Crippen LogP contribution in [0.3, 0.4) is 0 Å². The number of hydrogen-bond donors (Lipinski definition) is 1. The van der Waals surface area contributed by atoms with Crippen LogP contribution in [0.5, 0.6) is 0 Å². The fraction of sp³-hybridized carbons (Fsp3) is 0.833. The second-order valence-electron chi connectivity index (χ2n) is 1.85. The largest absolute Gasteiger partial charge is 0.324 e. The van der Waals surface area contributed by atoms with Crippen LogP contribution in [0.25, 0.3) is 0 Å². The van der Waals surface area contributed by atoms with Crippen LogP contribution in [0.15, 0.2) is 0 Å². The Balaban J connectivity index is -0.0000000296. The molecule has 0 unspecified atom stereocenters. The summed E-state index contributed by atoms with van der Waals surface area (Å²) in [5, 5.41) is 0. The van der Waals surface area contributed by atoms with E-state index in [-0.39, 0.29) is 12.3 Å². The first kappa shape index (κ1) is 29.2. The van der Waals surface area contributed by atoms with Gasteiger partial charge in [0, 0.05) is 0 Å². The summed E-state index contributed by atoms with van der Waals surface area (Å²) in [5.41, 5.74) is 4.82. The quantitative estimate of drug-likeness (QED) is 0.692. The van der Waals surface area contributed by atoms with Gasteiger partial charge in [0.2, 0.25) is 0 Å². The molecule has 0 aliphatic heterocycles. The van der Waals surface area contributed by atoms with Crippen molar-refractivity contribution in [3.05, 3.63) is 0 Å². The molecular formula is C12H31NO2. The van der Waals surface area contributed by atoms with Crippen LogP contribution >= 0.6 is 0 Å². The lowest BCUT2D eigenvalue weighted by molar-refractivity contribution is -0.115. The minimum atomic E-state index is 0.0324. The number of carbonyl (C=O) groups is 2. The second kappa shape index (κ2) is 71.6. The molecule has 96 valence electrons. The normalized spacial score (nSPS) is 5.40. The maximum atomic E-state index is 9.69. The molecule has 15 heavy (non-hydrogen) atoms. The molecule has 0 aliphatic carbocycles. The number of rotatable bonds is 1. The highest BCUT2D eigenvalue weighted by Gasteiger charge is 1.76. The lowest BCUT2D eigenvalue weighted by Gasteiger charge is -1.73. The Morgan fingerprint density at radius 1 is 1.13 bits per heavy atom. The Hall–Kier alpha value is -0.700. The molecule has 0 aliphatic rings. The summed E-state index contributed by atoms with van der Waals surface area (Å²) in [5.74, 6) is 0.0324. The molecule has 0 spiro atoms. The van der Waals surface area contributed by atoms with Crippen LogP contribution in [0.4, 0.5) is 0 Å². The fourth-order valence-electron chi connectivity index (χ4n) is 0. The number of Topliss-reactive ketones (excluding diaryl/α,β-unsaturated/α-hetero) is 1. The summed E-state index contributed by atoms with van der Waals surface area (Å²) in [6.45, 7) is 15.3. The van der Waals surface area contributed by atoms with Gasteiger partial charge in [-0.05, 0) is 13.8 Å². The molecule has 0 amide bonds. The smallest absolute Gasteiger partial charge is 0.143 e. The third kappa shape index (κ3) is 1000. The van der Waals surface area contributed by atoms with Gasteiger partial charge in [-0.1, -0.05) is 48.0 Å². The highest BCUT2D eigenvalue weighted by molar-refractivity contribution is 5.77. The molecule has 0 radical (unpaired) electrons. The third-order valence-corrected chi connectivity index (χ3v) is 0.287. The standard InChI is InChI=1S/C3H7NO.C3H8.C2H4O.2C2H6/c1-3(5)2-4;1-3-2;1-2-3;2*1-2/h2,4H2,1H3;3H2,1-2H3;2H,1H3;2*1-2H3. The third-order valence-electron chi connectivity index (χ3n) is 0.287. The van der Waals surface area contributed by atoms with Gasteiger partial charge in [0.15, 0.2) is 0 Å². The van der Waals surface area contributed by atoms with Gasteiger partial charge in [0.25, 0.3) is 0 Å². The van der Waals surface area contributed by atoms with Crippen molar-refractivity contribution < 1.29 is 9.59 Å². The molecule has 0 fully saturated rings. The molecule has 0 bridgehead atoms. The Bertz CT molecular complexity index is 83.7. The van der Waals surface area contributed by atoms with Gasteiger partial charge in [-0.3, -0.25) is 4.79 Å². The zero-order valence-electron chi connectivity index (χ0n) is 11.9. The topological polar surface area (TPSA) is 60.2 Å². The van der Waals surface area contributed by atoms with Crippen LogP contribution in [0, 0.1) is 0 Å². The molecule has 0 rings (SSSR count). The zero-order valence-corrected chi connectivity index (χ0v) is 11.9. The van der Waals surface area contributed by atoms with Crippen LogP contribution in [-0.4, -0.2) is 18.6 Å². The van der Waals surface area contributed by atoms with Gasteiger partial charge in [-0.25, -0.2) is 0 Å². The SMILES string of the molecule is CC.CC.CC(=O)CN.CC=O.CCC. The first-order valence-electron chi connectivity index (χ1n) is 5.69. The van der Waals surface area contributed by atoms with Crippen molar-refractivity contribution >= 4 is 12.1 Å². The van der Waals surface area contributed by atoms with Gasteiger partial charge in [-0.15, -0.1) is 0 Å². The van der Waals surface area contributed by atoms with Crippen molar-refractivity contribution in [2.45, 2.75) is 61.8 Å². The van der Waals surface area contributed by atoms with E-state index in [1.54, 1.807) is 0 Å². The molecule has 0 saturated carbocycles. The highest BCUT2D eigenvalue weighted by Crippen LogP contribution is 1.56. The first-order chi connectivity index (χ1) is 7.10. The van der Waals surface area contributed by atoms with E-state index in [4.69, 9.17) is 10.5 Å². The van der Waals surface area contributed by atoms with E-state index in [9.17, 15) is 4.79 Å².